The Balaban J connectivity index is 1.38. The van der Waals surface area contributed by atoms with Crippen LogP contribution in [0.15, 0.2) is 23.2 Å². The molecule has 25 heavy (non-hydrogen) atoms. The molecule has 3 unspecified atom stereocenters. The van der Waals surface area contributed by atoms with Crippen LogP contribution in [0.2, 0.25) is 0 Å². The van der Waals surface area contributed by atoms with E-state index in [1.807, 2.05) is 18.2 Å². The van der Waals surface area contributed by atoms with Gasteiger partial charge in [-0.3, -0.25) is 4.99 Å². The number of ether oxygens (including phenoxy) is 2. The minimum Gasteiger partial charge on any atom is -0.493 e. The molecule has 1 aromatic carbocycles. The van der Waals surface area contributed by atoms with Gasteiger partial charge in [0.1, 0.15) is 0 Å². The first-order chi connectivity index (χ1) is 12.2. The summed E-state index contributed by atoms with van der Waals surface area (Å²) in [5, 5.41) is 3.21. The maximum atomic E-state index is 5.99. The van der Waals surface area contributed by atoms with Gasteiger partial charge in [0.05, 0.1) is 14.2 Å². The van der Waals surface area contributed by atoms with E-state index in [9.17, 15) is 0 Å². The summed E-state index contributed by atoms with van der Waals surface area (Å²) in [5.74, 6) is 4.94. The van der Waals surface area contributed by atoms with E-state index in [1.54, 1.807) is 14.2 Å². The number of rotatable bonds is 8. The van der Waals surface area contributed by atoms with Gasteiger partial charge in [-0.15, -0.1) is 0 Å². The summed E-state index contributed by atoms with van der Waals surface area (Å²) in [6.07, 6.45) is 7.85. The number of hydrogen-bond donors (Lipinski definition) is 2. The van der Waals surface area contributed by atoms with Crippen molar-refractivity contribution in [3.63, 3.8) is 0 Å². The number of hydrogen-bond acceptors (Lipinski definition) is 3. The SMILES string of the molecule is COc1ccc(CCNC(N)=NCCC2CC3CCC2C3)cc1OC. The van der Waals surface area contributed by atoms with Gasteiger partial charge in [0.25, 0.3) is 0 Å². The first-order valence-electron chi connectivity index (χ1n) is 9.44. The Kier molecular flexibility index (Phi) is 6.05. The number of fused-ring (bicyclic) bond motifs is 2. The van der Waals surface area contributed by atoms with Crippen molar-refractivity contribution in [1.29, 1.82) is 0 Å². The van der Waals surface area contributed by atoms with Gasteiger partial charge in [0.15, 0.2) is 17.5 Å². The van der Waals surface area contributed by atoms with Gasteiger partial charge in [-0.1, -0.05) is 12.5 Å². The topological polar surface area (TPSA) is 68.9 Å². The molecule has 138 valence electrons. The lowest BCUT2D eigenvalue weighted by Crippen LogP contribution is -2.33. The van der Waals surface area contributed by atoms with Crippen molar-refractivity contribution >= 4 is 5.96 Å². The standard InChI is InChI=1S/C20H31N3O2/c1-24-18-6-4-14(13-19(18)25-2)7-9-22-20(21)23-10-8-17-12-15-3-5-16(17)11-15/h4,6,13,15-17H,3,5,7-12H2,1-2H3,(H3,21,22,23). The number of benzene rings is 1. The van der Waals surface area contributed by atoms with Gasteiger partial charge in [-0.2, -0.15) is 0 Å². The maximum absolute atomic E-state index is 5.99. The number of methoxy groups -OCH3 is 2. The summed E-state index contributed by atoms with van der Waals surface area (Å²) in [4.78, 5) is 4.50. The lowest BCUT2D eigenvalue weighted by atomic mass is 9.86. The third-order valence-corrected chi connectivity index (χ3v) is 5.83. The zero-order valence-electron chi connectivity index (χ0n) is 15.5. The normalized spacial score (nSPS) is 25.2. The largest absolute Gasteiger partial charge is 0.493 e. The molecule has 0 aromatic heterocycles. The monoisotopic (exact) mass is 345 g/mol. The summed E-state index contributed by atoms with van der Waals surface area (Å²) in [7, 11) is 3.30. The van der Waals surface area contributed by atoms with Gasteiger partial charge in [0, 0.05) is 13.1 Å². The van der Waals surface area contributed by atoms with Crippen LogP contribution in [-0.4, -0.2) is 33.3 Å². The molecule has 0 amide bonds. The predicted molar refractivity (Wildman–Crippen MR) is 101 cm³/mol. The molecule has 0 saturated heterocycles. The Labute approximate surface area is 151 Å². The fourth-order valence-corrected chi connectivity index (χ4v) is 4.51. The third kappa shape index (κ3) is 4.59. The first-order valence-corrected chi connectivity index (χ1v) is 9.44. The molecule has 5 nitrogen and oxygen atoms in total. The molecule has 2 aliphatic rings. The van der Waals surface area contributed by atoms with Crippen LogP contribution in [-0.2, 0) is 6.42 Å². The summed E-state index contributed by atoms with van der Waals surface area (Å²) < 4.78 is 10.6. The number of nitrogens with one attached hydrogen (secondary N) is 1. The number of guanidine groups is 1. The van der Waals surface area contributed by atoms with Crippen LogP contribution in [0.5, 0.6) is 11.5 Å². The second-order valence-electron chi connectivity index (χ2n) is 7.36. The van der Waals surface area contributed by atoms with Crippen molar-refractivity contribution in [2.24, 2.45) is 28.5 Å². The van der Waals surface area contributed by atoms with E-state index in [0.717, 1.165) is 48.8 Å². The summed E-state index contributed by atoms with van der Waals surface area (Å²) in [6, 6.07) is 5.98. The lowest BCUT2D eigenvalue weighted by Gasteiger charge is -2.20. The molecule has 3 rings (SSSR count). The molecule has 2 aliphatic carbocycles. The van der Waals surface area contributed by atoms with Gasteiger partial charge >= 0.3 is 0 Å². The van der Waals surface area contributed by atoms with Crippen LogP contribution < -0.4 is 20.5 Å². The van der Waals surface area contributed by atoms with E-state index in [-0.39, 0.29) is 0 Å². The van der Waals surface area contributed by atoms with Crippen LogP contribution in [0.3, 0.4) is 0 Å². The molecule has 3 N–H and O–H groups in total. The predicted octanol–water partition coefficient (Wildman–Crippen LogP) is 2.98. The maximum Gasteiger partial charge on any atom is 0.188 e. The molecular weight excluding hydrogens is 314 g/mol. The number of nitrogens with two attached hydrogens (primary N) is 1. The highest BCUT2D eigenvalue weighted by Crippen LogP contribution is 2.49. The quantitative estimate of drug-likeness (QED) is 0.561. The molecule has 2 bridgehead atoms. The zero-order valence-corrected chi connectivity index (χ0v) is 15.5. The highest BCUT2D eigenvalue weighted by atomic mass is 16.5. The average Bonchev–Trinajstić information content (AvgIpc) is 3.24. The number of aliphatic imine (C=N–C) groups is 1. The molecule has 1 aromatic rings. The van der Waals surface area contributed by atoms with Crippen LogP contribution in [0.1, 0.15) is 37.7 Å². The van der Waals surface area contributed by atoms with Crippen LogP contribution in [0.25, 0.3) is 0 Å². The molecular formula is C20H31N3O2. The van der Waals surface area contributed by atoms with E-state index in [4.69, 9.17) is 15.2 Å². The molecule has 0 aliphatic heterocycles. The van der Waals surface area contributed by atoms with Crippen LogP contribution in [0, 0.1) is 17.8 Å². The number of nitrogens with zero attached hydrogens (tertiary/aromatic N) is 1. The Morgan fingerprint density at radius 2 is 2.04 bits per heavy atom. The van der Waals surface area contributed by atoms with Crippen molar-refractivity contribution in [3.05, 3.63) is 23.8 Å². The van der Waals surface area contributed by atoms with Crippen molar-refractivity contribution in [2.45, 2.75) is 38.5 Å². The third-order valence-electron chi connectivity index (χ3n) is 5.83. The molecule has 3 atom stereocenters. The minimum atomic E-state index is 0.559. The second-order valence-corrected chi connectivity index (χ2v) is 7.36. The lowest BCUT2D eigenvalue weighted by molar-refractivity contribution is 0.318. The van der Waals surface area contributed by atoms with Crippen LogP contribution >= 0.6 is 0 Å². The fraction of sp³-hybridized carbons (Fsp3) is 0.650. The summed E-state index contributed by atoms with van der Waals surface area (Å²) >= 11 is 0. The smallest absolute Gasteiger partial charge is 0.188 e. The van der Waals surface area contributed by atoms with Crippen molar-refractivity contribution in [3.8, 4) is 11.5 Å². The highest BCUT2D eigenvalue weighted by Gasteiger charge is 2.38. The molecule has 0 heterocycles. The van der Waals surface area contributed by atoms with Gasteiger partial charge in [-0.05, 0) is 67.6 Å². The molecule has 0 radical (unpaired) electrons. The van der Waals surface area contributed by atoms with E-state index < -0.39 is 0 Å². The first kappa shape index (κ1) is 17.9. The van der Waals surface area contributed by atoms with Crippen molar-refractivity contribution < 1.29 is 9.47 Å². The van der Waals surface area contributed by atoms with Gasteiger partial charge in [0.2, 0.25) is 0 Å². The highest BCUT2D eigenvalue weighted by molar-refractivity contribution is 5.77. The zero-order chi connectivity index (χ0) is 17.6. The van der Waals surface area contributed by atoms with E-state index in [0.29, 0.717) is 5.96 Å². The fourth-order valence-electron chi connectivity index (χ4n) is 4.51. The Morgan fingerprint density at radius 1 is 1.20 bits per heavy atom. The molecule has 5 heteroatoms. The Bertz CT molecular complexity index is 603. The second kappa shape index (κ2) is 8.45. The van der Waals surface area contributed by atoms with Gasteiger partial charge < -0.3 is 20.5 Å². The summed E-state index contributed by atoms with van der Waals surface area (Å²) in [6.45, 7) is 1.61. The van der Waals surface area contributed by atoms with E-state index >= 15 is 0 Å². The molecule has 2 fully saturated rings. The average molecular weight is 345 g/mol. The molecule has 0 spiro atoms. The van der Waals surface area contributed by atoms with E-state index in [1.165, 1.54) is 37.7 Å². The Hall–Kier alpha value is -1.91. The summed E-state index contributed by atoms with van der Waals surface area (Å²) in [5.41, 5.74) is 7.17. The van der Waals surface area contributed by atoms with Crippen molar-refractivity contribution in [1.82, 2.24) is 5.32 Å². The molecule has 2 saturated carbocycles. The van der Waals surface area contributed by atoms with Crippen molar-refractivity contribution in [2.75, 3.05) is 27.3 Å². The van der Waals surface area contributed by atoms with Gasteiger partial charge in [-0.25, -0.2) is 0 Å². The Morgan fingerprint density at radius 3 is 2.72 bits per heavy atom. The minimum absolute atomic E-state index is 0.559. The van der Waals surface area contributed by atoms with Crippen LogP contribution in [0.4, 0.5) is 0 Å². The van der Waals surface area contributed by atoms with E-state index in [2.05, 4.69) is 10.3 Å².